The summed E-state index contributed by atoms with van der Waals surface area (Å²) in [5, 5.41) is 11.3. The summed E-state index contributed by atoms with van der Waals surface area (Å²) in [6, 6.07) is 0. The first-order valence-electron chi connectivity index (χ1n) is 4.97. The van der Waals surface area contributed by atoms with E-state index in [1.807, 2.05) is 0 Å². The molecule has 1 unspecified atom stereocenters. The Bertz CT molecular complexity index is 289. The van der Waals surface area contributed by atoms with Gasteiger partial charge in [0, 0.05) is 6.42 Å². The highest BCUT2D eigenvalue weighted by Crippen LogP contribution is 2.09. The van der Waals surface area contributed by atoms with Crippen molar-refractivity contribution in [3.8, 4) is 0 Å². The monoisotopic (exact) mass is 231 g/mol. The second-order valence-electron chi connectivity index (χ2n) is 3.62. The second-order valence-corrected chi connectivity index (χ2v) is 3.62. The largest absolute Gasteiger partial charge is 0.480 e. The van der Waals surface area contributed by atoms with Crippen LogP contribution in [0, 0.1) is 0 Å². The number of carbonyl (C=O) groups is 3. The topological polar surface area (TPSA) is 92.7 Å². The summed E-state index contributed by atoms with van der Waals surface area (Å²) in [6.07, 6.45) is 0.142. The first kappa shape index (κ1) is 14.4. The van der Waals surface area contributed by atoms with Crippen LogP contribution in [0.5, 0.6) is 0 Å². The predicted molar refractivity (Wildman–Crippen MR) is 55.7 cm³/mol. The molecule has 0 aromatic rings. The van der Waals surface area contributed by atoms with E-state index in [4.69, 9.17) is 5.11 Å². The van der Waals surface area contributed by atoms with E-state index in [9.17, 15) is 14.4 Å². The third-order valence-corrected chi connectivity index (χ3v) is 2.38. The van der Waals surface area contributed by atoms with Crippen molar-refractivity contribution in [3.63, 3.8) is 0 Å². The first-order valence-corrected chi connectivity index (χ1v) is 4.97. The lowest BCUT2D eigenvalue weighted by Crippen LogP contribution is -2.51. The molecule has 0 aromatic carbocycles. The zero-order valence-electron chi connectivity index (χ0n) is 9.70. The normalized spacial score (nSPS) is 13.7. The zero-order chi connectivity index (χ0) is 12.8. The molecule has 6 heteroatoms. The first-order chi connectivity index (χ1) is 7.35. The highest BCUT2D eigenvalue weighted by molar-refractivity contribution is 5.88. The van der Waals surface area contributed by atoms with Crippen molar-refractivity contribution in [2.45, 2.75) is 38.6 Å². The Labute approximate surface area is 94.0 Å². The van der Waals surface area contributed by atoms with Crippen LogP contribution in [-0.2, 0) is 19.1 Å². The summed E-state index contributed by atoms with van der Waals surface area (Å²) >= 11 is 0. The third kappa shape index (κ3) is 4.29. The molecule has 0 saturated carbocycles. The number of hydrogen-bond acceptors (Lipinski definition) is 4. The predicted octanol–water partition coefficient (Wildman–Crippen LogP) is 0.309. The Hall–Kier alpha value is -1.59. The van der Waals surface area contributed by atoms with Gasteiger partial charge in [-0.2, -0.15) is 0 Å². The summed E-state index contributed by atoms with van der Waals surface area (Å²) in [6.45, 7) is 3.08. The van der Waals surface area contributed by atoms with Gasteiger partial charge in [-0.3, -0.25) is 9.59 Å². The molecule has 0 heterocycles. The Kier molecular flexibility index (Phi) is 5.49. The van der Waals surface area contributed by atoms with Crippen LogP contribution in [0.15, 0.2) is 0 Å². The van der Waals surface area contributed by atoms with Crippen LogP contribution in [0.1, 0.15) is 33.1 Å². The number of carboxylic acids is 1. The van der Waals surface area contributed by atoms with Gasteiger partial charge in [-0.05, 0) is 13.3 Å². The molecule has 0 fully saturated rings. The quantitative estimate of drug-likeness (QED) is 0.642. The number of amides is 1. The fraction of sp³-hybridized carbons (Fsp3) is 0.700. The van der Waals surface area contributed by atoms with Gasteiger partial charge in [0.05, 0.1) is 13.5 Å². The molecule has 1 atom stereocenters. The minimum Gasteiger partial charge on any atom is -0.480 e. The Morgan fingerprint density at radius 1 is 1.31 bits per heavy atom. The standard InChI is InChI=1S/C10H17NO5/c1-4-10(2,9(14)15)11-7(12)5-6-8(13)16-3/h4-6H2,1-3H3,(H,11,12)(H,14,15). The van der Waals surface area contributed by atoms with Crippen LogP contribution in [0.4, 0.5) is 0 Å². The molecule has 0 aromatic heterocycles. The minimum atomic E-state index is -1.28. The number of esters is 1. The fourth-order valence-electron chi connectivity index (χ4n) is 0.981. The van der Waals surface area contributed by atoms with Crippen molar-refractivity contribution < 1.29 is 24.2 Å². The van der Waals surface area contributed by atoms with Crippen molar-refractivity contribution in [3.05, 3.63) is 0 Å². The molecule has 2 N–H and O–H groups in total. The van der Waals surface area contributed by atoms with Gasteiger partial charge < -0.3 is 15.2 Å². The molecule has 0 radical (unpaired) electrons. The summed E-state index contributed by atoms with van der Waals surface area (Å²) < 4.78 is 4.37. The molecule has 0 spiro atoms. The molecule has 0 saturated heterocycles. The second kappa shape index (κ2) is 6.09. The molecule has 0 aliphatic carbocycles. The molecule has 1 amide bonds. The van der Waals surface area contributed by atoms with E-state index in [1.54, 1.807) is 6.92 Å². The summed E-state index contributed by atoms with van der Waals surface area (Å²) in [4.78, 5) is 33.0. The van der Waals surface area contributed by atoms with Gasteiger partial charge in [-0.25, -0.2) is 4.79 Å². The smallest absolute Gasteiger partial charge is 0.329 e. The fourth-order valence-corrected chi connectivity index (χ4v) is 0.981. The van der Waals surface area contributed by atoms with Crippen molar-refractivity contribution >= 4 is 17.8 Å². The van der Waals surface area contributed by atoms with E-state index < -0.39 is 23.4 Å². The van der Waals surface area contributed by atoms with Gasteiger partial charge in [-0.1, -0.05) is 6.92 Å². The average Bonchev–Trinajstić information content (AvgIpc) is 2.25. The van der Waals surface area contributed by atoms with E-state index in [2.05, 4.69) is 10.1 Å². The summed E-state index contributed by atoms with van der Waals surface area (Å²) in [5.41, 5.74) is -1.28. The van der Waals surface area contributed by atoms with Gasteiger partial charge in [0.15, 0.2) is 0 Å². The van der Waals surface area contributed by atoms with Gasteiger partial charge >= 0.3 is 11.9 Å². The lowest BCUT2D eigenvalue weighted by Gasteiger charge is -2.24. The van der Waals surface area contributed by atoms with E-state index in [0.29, 0.717) is 0 Å². The van der Waals surface area contributed by atoms with Gasteiger partial charge in [0.2, 0.25) is 5.91 Å². The average molecular weight is 231 g/mol. The number of ether oxygens (including phenoxy) is 1. The lowest BCUT2D eigenvalue weighted by atomic mass is 9.99. The van der Waals surface area contributed by atoms with Crippen LogP contribution < -0.4 is 5.32 Å². The van der Waals surface area contributed by atoms with Gasteiger partial charge in [0.1, 0.15) is 5.54 Å². The molecular weight excluding hydrogens is 214 g/mol. The van der Waals surface area contributed by atoms with Crippen LogP contribution in [0.2, 0.25) is 0 Å². The van der Waals surface area contributed by atoms with Gasteiger partial charge in [0.25, 0.3) is 0 Å². The van der Waals surface area contributed by atoms with E-state index in [0.717, 1.165) is 0 Å². The Morgan fingerprint density at radius 2 is 1.88 bits per heavy atom. The maximum absolute atomic E-state index is 11.4. The number of rotatable bonds is 6. The zero-order valence-corrected chi connectivity index (χ0v) is 9.70. The lowest BCUT2D eigenvalue weighted by molar-refractivity contribution is -0.147. The Balaban J connectivity index is 4.22. The summed E-state index contributed by atoms with van der Waals surface area (Å²) in [7, 11) is 1.23. The molecule has 0 aliphatic rings. The number of hydrogen-bond donors (Lipinski definition) is 2. The van der Waals surface area contributed by atoms with E-state index in [-0.39, 0.29) is 19.3 Å². The van der Waals surface area contributed by atoms with E-state index in [1.165, 1.54) is 14.0 Å². The molecule has 0 rings (SSSR count). The number of carboxylic acid groups (broad SMARTS) is 1. The minimum absolute atomic E-state index is 0.0538. The van der Waals surface area contributed by atoms with Crippen LogP contribution in [0.25, 0.3) is 0 Å². The van der Waals surface area contributed by atoms with E-state index >= 15 is 0 Å². The number of carbonyl (C=O) groups excluding carboxylic acids is 2. The molecular formula is C10H17NO5. The Morgan fingerprint density at radius 3 is 2.25 bits per heavy atom. The van der Waals surface area contributed by atoms with Gasteiger partial charge in [-0.15, -0.1) is 0 Å². The van der Waals surface area contributed by atoms with Crippen LogP contribution in [-0.4, -0.2) is 35.6 Å². The molecule has 0 bridgehead atoms. The molecule has 92 valence electrons. The summed E-state index contributed by atoms with van der Waals surface area (Å²) in [5.74, 6) is -2.07. The maximum Gasteiger partial charge on any atom is 0.329 e. The maximum atomic E-state index is 11.4. The molecule has 0 aliphatic heterocycles. The third-order valence-electron chi connectivity index (χ3n) is 2.38. The van der Waals surface area contributed by atoms with Crippen molar-refractivity contribution in [2.75, 3.05) is 7.11 Å². The SMILES string of the molecule is CCC(C)(NC(=O)CCC(=O)OC)C(=O)O. The van der Waals surface area contributed by atoms with Crippen molar-refractivity contribution in [1.82, 2.24) is 5.32 Å². The van der Waals surface area contributed by atoms with Crippen molar-refractivity contribution in [2.24, 2.45) is 0 Å². The number of nitrogens with one attached hydrogen (secondary N) is 1. The number of methoxy groups -OCH3 is 1. The molecule has 16 heavy (non-hydrogen) atoms. The number of aliphatic carboxylic acids is 1. The molecule has 6 nitrogen and oxygen atoms in total. The highest BCUT2D eigenvalue weighted by atomic mass is 16.5. The highest BCUT2D eigenvalue weighted by Gasteiger charge is 2.32. The van der Waals surface area contributed by atoms with Crippen molar-refractivity contribution in [1.29, 1.82) is 0 Å². The van der Waals surface area contributed by atoms with Crippen LogP contribution in [0.3, 0.4) is 0 Å². The van der Waals surface area contributed by atoms with Crippen LogP contribution >= 0.6 is 0 Å².